The number of aliphatic hydroxyl groups is 2. The number of rotatable bonds is 11. The summed E-state index contributed by atoms with van der Waals surface area (Å²) in [6.45, 7) is 5.88. The third-order valence-electron chi connectivity index (χ3n) is 3.76. The van der Waals surface area contributed by atoms with Crippen molar-refractivity contribution in [1.29, 1.82) is 0 Å². The summed E-state index contributed by atoms with van der Waals surface area (Å²) in [7, 11) is 0. The second kappa shape index (κ2) is 11.4. The maximum absolute atomic E-state index is 9.96. The lowest BCUT2D eigenvalue weighted by Crippen LogP contribution is -2.51. The van der Waals surface area contributed by atoms with Crippen molar-refractivity contribution < 1.29 is 24.4 Å². The summed E-state index contributed by atoms with van der Waals surface area (Å²) in [5.74, 6) is 0. The minimum absolute atomic E-state index is 0.302. The molecule has 1 saturated heterocycles. The largest absolute Gasteiger partial charge is 0.390 e. The molecule has 21 heavy (non-hydrogen) atoms. The van der Waals surface area contributed by atoms with Gasteiger partial charge in [0.05, 0.1) is 12.7 Å². The fourth-order valence-electron chi connectivity index (χ4n) is 2.38. The lowest BCUT2D eigenvalue weighted by Gasteiger charge is -2.36. The molecule has 0 bridgehead atoms. The van der Waals surface area contributed by atoms with Crippen LogP contribution in [0.15, 0.2) is 0 Å². The van der Waals surface area contributed by atoms with E-state index in [0.717, 1.165) is 38.5 Å². The maximum Gasteiger partial charge on any atom is 0.160 e. The molecule has 1 aliphatic heterocycles. The van der Waals surface area contributed by atoms with Crippen LogP contribution < -0.4 is 0 Å². The third-order valence-corrected chi connectivity index (χ3v) is 3.76. The van der Waals surface area contributed by atoms with Gasteiger partial charge in [0.1, 0.15) is 12.2 Å². The first-order chi connectivity index (χ1) is 10.2. The lowest BCUT2D eigenvalue weighted by atomic mass is 10.0. The molecule has 0 spiro atoms. The number of unbranched alkanes of at least 4 members (excludes halogenated alkanes) is 4. The highest BCUT2D eigenvalue weighted by atomic mass is 16.7. The molecule has 1 heterocycles. The molecule has 1 fully saturated rings. The summed E-state index contributed by atoms with van der Waals surface area (Å²) < 4.78 is 16.9. The molecular weight excluding hydrogens is 272 g/mol. The van der Waals surface area contributed by atoms with Crippen molar-refractivity contribution >= 4 is 0 Å². The molecule has 1 rings (SSSR count). The molecule has 4 atom stereocenters. The van der Waals surface area contributed by atoms with Crippen molar-refractivity contribution in [1.82, 2.24) is 0 Å². The Balaban J connectivity index is 2.25. The molecule has 0 aliphatic carbocycles. The van der Waals surface area contributed by atoms with E-state index >= 15 is 0 Å². The van der Waals surface area contributed by atoms with Gasteiger partial charge < -0.3 is 24.4 Å². The van der Waals surface area contributed by atoms with Crippen LogP contribution in [-0.4, -0.2) is 54.6 Å². The van der Waals surface area contributed by atoms with E-state index in [1.165, 1.54) is 0 Å². The molecule has 126 valence electrons. The molecule has 0 aromatic heterocycles. The standard InChI is InChI=1S/C16H32O5/c1-3-5-7-9-19-12-14-16(18)13(17)11-15(21-14)20-10-8-6-4-2/h13-18H,3-12H2,1-2H3/t13-,14+,15?,16+/m0/s1. The highest BCUT2D eigenvalue weighted by Gasteiger charge is 2.37. The van der Waals surface area contributed by atoms with E-state index in [9.17, 15) is 10.2 Å². The van der Waals surface area contributed by atoms with Gasteiger partial charge in [0.2, 0.25) is 0 Å². The first-order valence-corrected chi connectivity index (χ1v) is 8.40. The summed E-state index contributed by atoms with van der Waals surface area (Å²) in [4.78, 5) is 0. The molecule has 0 radical (unpaired) electrons. The van der Waals surface area contributed by atoms with E-state index in [4.69, 9.17) is 14.2 Å². The summed E-state index contributed by atoms with van der Waals surface area (Å²) in [5, 5.41) is 19.9. The fraction of sp³-hybridized carbons (Fsp3) is 1.00. The molecule has 5 heteroatoms. The Bertz CT molecular complexity index is 249. The van der Waals surface area contributed by atoms with Crippen LogP contribution in [0.1, 0.15) is 58.8 Å². The second-order valence-electron chi connectivity index (χ2n) is 5.76. The summed E-state index contributed by atoms with van der Waals surface area (Å²) in [6.07, 6.45) is 4.23. The van der Waals surface area contributed by atoms with Gasteiger partial charge in [-0.2, -0.15) is 0 Å². The molecule has 5 nitrogen and oxygen atoms in total. The maximum atomic E-state index is 9.96. The monoisotopic (exact) mass is 304 g/mol. The summed E-state index contributed by atoms with van der Waals surface area (Å²) >= 11 is 0. The van der Waals surface area contributed by atoms with Gasteiger partial charge in [-0.05, 0) is 12.8 Å². The lowest BCUT2D eigenvalue weighted by molar-refractivity contribution is -0.259. The van der Waals surface area contributed by atoms with E-state index in [2.05, 4.69) is 13.8 Å². The first-order valence-electron chi connectivity index (χ1n) is 8.40. The van der Waals surface area contributed by atoms with Crippen molar-refractivity contribution in [3.05, 3.63) is 0 Å². The number of hydrogen-bond donors (Lipinski definition) is 2. The van der Waals surface area contributed by atoms with Gasteiger partial charge in [-0.15, -0.1) is 0 Å². The van der Waals surface area contributed by atoms with Crippen LogP contribution in [-0.2, 0) is 14.2 Å². The van der Waals surface area contributed by atoms with Crippen LogP contribution >= 0.6 is 0 Å². The minimum Gasteiger partial charge on any atom is -0.390 e. The van der Waals surface area contributed by atoms with Gasteiger partial charge >= 0.3 is 0 Å². The molecule has 1 unspecified atom stereocenters. The van der Waals surface area contributed by atoms with Crippen molar-refractivity contribution in [3.8, 4) is 0 Å². The molecule has 0 amide bonds. The van der Waals surface area contributed by atoms with Gasteiger partial charge in [0.15, 0.2) is 6.29 Å². The van der Waals surface area contributed by atoms with Crippen molar-refractivity contribution in [2.24, 2.45) is 0 Å². The number of ether oxygens (including phenoxy) is 3. The average molecular weight is 304 g/mol. The minimum atomic E-state index is -0.897. The fourth-order valence-corrected chi connectivity index (χ4v) is 2.38. The Hall–Kier alpha value is -0.200. The van der Waals surface area contributed by atoms with Gasteiger partial charge in [-0.3, -0.25) is 0 Å². The number of hydrogen-bond acceptors (Lipinski definition) is 5. The van der Waals surface area contributed by atoms with Gasteiger partial charge in [-0.25, -0.2) is 0 Å². The van der Waals surface area contributed by atoms with Gasteiger partial charge in [0.25, 0.3) is 0 Å². The van der Waals surface area contributed by atoms with Crippen LogP contribution in [0.25, 0.3) is 0 Å². The first kappa shape index (κ1) is 18.8. The smallest absolute Gasteiger partial charge is 0.160 e. The topological polar surface area (TPSA) is 68.2 Å². The number of aliphatic hydroxyl groups excluding tert-OH is 2. The van der Waals surface area contributed by atoms with Gasteiger partial charge in [-0.1, -0.05) is 39.5 Å². The van der Waals surface area contributed by atoms with E-state index < -0.39 is 24.6 Å². The average Bonchev–Trinajstić information content (AvgIpc) is 2.48. The SMILES string of the molecule is CCCCCOC[C@H]1OC(OCCCCC)C[C@H](O)[C@H]1O. The van der Waals surface area contributed by atoms with Crippen molar-refractivity contribution in [3.63, 3.8) is 0 Å². The van der Waals surface area contributed by atoms with Crippen molar-refractivity contribution in [2.45, 2.75) is 83.4 Å². The van der Waals surface area contributed by atoms with Crippen molar-refractivity contribution in [2.75, 3.05) is 19.8 Å². The van der Waals surface area contributed by atoms with E-state index in [-0.39, 0.29) is 0 Å². The Morgan fingerprint density at radius 3 is 2.33 bits per heavy atom. The van der Waals surface area contributed by atoms with Crippen LogP contribution in [0.2, 0.25) is 0 Å². The van der Waals surface area contributed by atoms with E-state index in [1.807, 2.05) is 0 Å². The van der Waals surface area contributed by atoms with Crippen LogP contribution in [0.4, 0.5) is 0 Å². The predicted molar refractivity (Wildman–Crippen MR) is 81.1 cm³/mol. The molecule has 0 saturated carbocycles. The molecule has 2 N–H and O–H groups in total. The molecule has 0 aromatic carbocycles. The zero-order chi connectivity index (χ0) is 15.5. The highest BCUT2D eigenvalue weighted by Crippen LogP contribution is 2.22. The summed E-state index contributed by atoms with van der Waals surface area (Å²) in [5.41, 5.74) is 0. The molecule has 1 aliphatic rings. The van der Waals surface area contributed by atoms with Gasteiger partial charge in [0, 0.05) is 19.6 Å². The Labute approximate surface area is 128 Å². The molecule has 0 aromatic rings. The third kappa shape index (κ3) is 7.56. The quantitative estimate of drug-likeness (QED) is 0.573. The van der Waals surface area contributed by atoms with Crippen LogP contribution in [0.3, 0.4) is 0 Å². The normalized spacial score (nSPS) is 29.7. The second-order valence-corrected chi connectivity index (χ2v) is 5.76. The van der Waals surface area contributed by atoms with E-state index in [0.29, 0.717) is 26.2 Å². The Morgan fingerprint density at radius 2 is 1.67 bits per heavy atom. The zero-order valence-corrected chi connectivity index (χ0v) is 13.5. The van der Waals surface area contributed by atoms with Crippen LogP contribution in [0.5, 0.6) is 0 Å². The molecular formula is C16H32O5. The Morgan fingerprint density at radius 1 is 1.00 bits per heavy atom. The van der Waals surface area contributed by atoms with E-state index in [1.54, 1.807) is 0 Å². The highest BCUT2D eigenvalue weighted by molar-refractivity contribution is 4.82. The predicted octanol–water partition coefficient (Wildman–Crippen LogP) is 2.24. The zero-order valence-electron chi connectivity index (χ0n) is 13.5. The van der Waals surface area contributed by atoms with Crippen LogP contribution in [0, 0.1) is 0 Å². The summed E-state index contributed by atoms with van der Waals surface area (Å²) in [6, 6.07) is 0. The Kier molecular flexibility index (Phi) is 10.2.